The van der Waals surface area contributed by atoms with Crippen LogP contribution in [0.1, 0.15) is 19.3 Å². The molecule has 3 nitrogen and oxygen atoms in total. The molecular weight excluding hydrogens is 206 g/mol. The quantitative estimate of drug-likeness (QED) is 0.786. The second kappa shape index (κ2) is 3.76. The number of anilines is 1. The maximum Gasteiger partial charge on any atom is 0.185 e. The summed E-state index contributed by atoms with van der Waals surface area (Å²) in [6, 6.07) is 0. The molecule has 0 amide bonds. The zero-order valence-corrected chi connectivity index (χ0v) is 9.72. The van der Waals surface area contributed by atoms with Crippen LogP contribution < -0.4 is 10.2 Å². The van der Waals surface area contributed by atoms with Gasteiger partial charge >= 0.3 is 0 Å². The van der Waals surface area contributed by atoms with E-state index < -0.39 is 0 Å². The lowest BCUT2D eigenvalue weighted by Crippen LogP contribution is -2.44. The van der Waals surface area contributed by atoms with Crippen LogP contribution in [0.4, 0.5) is 5.13 Å². The molecule has 1 spiro atoms. The summed E-state index contributed by atoms with van der Waals surface area (Å²) in [6.07, 6.45) is 5.96. The van der Waals surface area contributed by atoms with Crippen molar-refractivity contribution in [2.24, 2.45) is 5.41 Å². The highest BCUT2D eigenvalue weighted by atomic mass is 32.1. The molecule has 3 rings (SSSR count). The van der Waals surface area contributed by atoms with E-state index in [1.165, 1.54) is 50.6 Å². The molecule has 2 aliphatic rings. The number of hydrogen-bond donors (Lipinski definition) is 1. The molecule has 82 valence electrons. The highest BCUT2D eigenvalue weighted by Crippen LogP contribution is 2.37. The second-order valence-electron chi connectivity index (χ2n) is 4.77. The number of piperidine rings is 1. The van der Waals surface area contributed by atoms with Crippen LogP contribution in [0.5, 0.6) is 0 Å². The Labute approximate surface area is 94.5 Å². The predicted octanol–water partition coefficient (Wildman–Crippen LogP) is 1.72. The molecule has 0 aliphatic carbocycles. The standard InChI is InChI=1S/C11H17N3S/c1-2-11(3-4-12-8-11)9-14(6-1)10-13-5-7-15-10/h5,7,12H,1-4,6,8-9H2/t11-/m1/s1. The van der Waals surface area contributed by atoms with Crippen LogP contribution in [-0.2, 0) is 0 Å². The fraction of sp³-hybridized carbons (Fsp3) is 0.727. The van der Waals surface area contributed by atoms with E-state index in [1.54, 1.807) is 11.3 Å². The zero-order valence-electron chi connectivity index (χ0n) is 8.91. The Hall–Kier alpha value is -0.610. The molecule has 0 bridgehead atoms. The summed E-state index contributed by atoms with van der Waals surface area (Å²) in [5.41, 5.74) is 0.546. The third kappa shape index (κ3) is 1.76. The maximum atomic E-state index is 4.42. The number of aromatic nitrogens is 1. The van der Waals surface area contributed by atoms with Crippen LogP contribution in [0.15, 0.2) is 11.6 Å². The Morgan fingerprint density at radius 2 is 2.47 bits per heavy atom. The normalized spacial score (nSPS) is 31.3. The molecule has 2 fully saturated rings. The van der Waals surface area contributed by atoms with Gasteiger partial charge in [-0.25, -0.2) is 4.98 Å². The van der Waals surface area contributed by atoms with E-state index in [-0.39, 0.29) is 0 Å². The Morgan fingerprint density at radius 1 is 1.47 bits per heavy atom. The SMILES string of the molecule is c1csc(N2CCC[C@]3(CCNC3)C2)n1. The number of hydrogen-bond acceptors (Lipinski definition) is 4. The van der Waals surface area contributed by atoms with E-state index in [0.717, 1.165) is 0 Å². The molecule has 0 radical (unpaired) electrons. The maximum absolute atomic E-state index is 4.42. The van der Waals surface area contributed by atoms with Crippen LogP contribution >= 0.6 is 11.3 Å². The Morgan fingerprint density at radius 3 is 3.20 bits per heavy atom. The zero-order chi connectivity index (χ0) is 10.1. The number of nitrogens with zero attached hydrogens (tertiary/aromatic N) is 2. The fourth-order valence-electron chi connectivity index (χ4n) is 2.89. The van der Waals surface area contributed by atoms with Gasteiger partial charge < -0.3 is 10.2 Å². The third-order valence-electron chi connectivity index (χ3n) is 3.68. The molecule has 1 aromatic heterocycles. The molecule has 0 aromatic carbocycles. The highest BCUT2D eigenvalue weighted by Gasteiger charge is 2.38. The van der Waals surface area contributed by atoms with Crippen LogP contribution in [0.25, 0.3) is 0 Å². The van der Waals surface area contributed by atoms with Crippen molar-refractivity contribution < 1.29 is 0 Å². The monoisotopic (exact) mass is 223 g/mol. The summed E-state index contributed by atoms with van der Waals surface area (Å²) < 4.78 is 0. The molecular formula is C11H17N3S. The molecule has 0 saturated carbocycles. The summed E-state index contributed by atoms with van der Waals surface area (Å²) in [4.78, 5) is 6.89. The van der Waals surface area contributed by atoms with Crippen molar-refractivity contribution in [1.82, 2.24) is 10.3 Å². The van der Waals surface area contributed by atoms with Crippen molar-refractivity contribution in [2.45, 2.75) is 19.3 Å². The Balaban J connectivity index is 1.76. The van der Waals surface area contributed by atoms with Gasteiger partial charge in [0.25, 0.3) is 0 Å². The Kier molecular flexibility index (Phi) is 2.41. The minimum absolute atomic E-state index is 0.546. The third-order valence-corrected chi connectivity index (χ3v) is 4.52. The molecule has 2 aliphatic heterocycles. The van der Waals surface area contributed by atoms with Crippen LogP contribution in [0, 0.1) is 5.41 Å². The fourth-order valence-corrected chi connectivity index (χ4v) is 3.56. The minimum atomic E-state index is 0.546. The first kappa shape index (κ1) is 9.60. The molecule has 0 unspecified atom stereocenters. The van der Waals surface area contributed by atoms with E-state index in [1.807, 2.05) is 6.20 Å². The van der Waals surface area contributed by atoms with Crippen molar-refractivity contribution in [1.29, 1.82) is 0 Å². The van der Waals surface area contributed by atoms with E-state index >= 15 is 0 Å². The molecule has 15 heavy (non-hydrogen) atoms. The number of rotatable bonds is 1. The van der Waals surface area contributed by atoms with Gasteiger partial charge in [-0.3, -0.25) is 0 Å². The first-order chi connectivity index (χ1) is 7.38. The van der Waals surface area contributed by atoms with Gasteiger partial charge in [0.15, 0.2) is 5.13 Å². The number of thiazole rings is 1. The second-order valence-corrected chi connectivity index (χ2v) is 5.64. The van der Waals surface area contributed by atoms with Crippen LogP contribution in [0.3, 0.4) is 0 Å². The predicted molar refractivity (Wildman–Crippen MR) is 63.5 cm³/mol. The molecule has 1 aromatic rings. The van der Waals surface area contributed by atoms with E-state index in [4.69, 9.17) is 0 Å². The van der Waals surface area contributed by atoms with Crippen LogP contribution in [-0.4, -0.2) is 31.2 Å². The van der Waals surface area contributed by atoms with E-state index in [2.05, 4.69) is 20.6 Å². The Bertz CT molecular complexity index is 317. The molecule has 1 atom stereocenters. The van der Waals surface area contributed by atoms with Gasteiger partial charge in [0.1, 0.15) is 0 Å². The van der Waals surface area contributed by atoms with Crippen LogP contribution in [0.2, 0.25) is 0 Å². The van der Waals surface area contributed by atoms with Gasteiger partial charge in [0.05, 0.1) is 0 Å². The molecule has 3 heterocycles. The summed E-state index contributed by atoms with van der Waals surface area (Å²) in [7, 11) is 0. The minimum Gasteiger partial charge on any atom is -0.347 e. The van der Waals surface area contributed by atoms with Gasteiger partial charge in [-0.2, -0.15) is 0 Å². The van der Waals surface area contributed by atoms with Gasteiger partial charge in [0, 0.05) is 36.6 Å². The average molecular weight is 223 g/mol. The summed E-state index contributed by atoms with van der Waals surface area (Å²) in [5.74, 6) is 0. The van der Waals surface area contributed by atoms with Gasteiger partial charge in [0.2, 0.25) is 0 Å². The van der Waals surface area contributed by atoms with E-state index in [0.29, 0.717) is 5.41 Å². The van der Waals surface area contributed by atoms with E-state index in [9.17, 15) is 0 Å². The summed E-state index contributed by atoms with van der Waals surface area (Å²) in [5, 5.41) is 6.79. The first-order valence-electron chi connectivity index (χ1n) is 5.73. The molecule has 4 heteroatoms. The van der Waals surface area contributed by atoms with Gasteiger partial charge in [-0.15, -0.1) is 11.3 Å². The first-order valence-corrected chi connectivity index (χ1v) is 6.61. The average Bonchev–Trinajstić information content (AvgIpc) is 2.89. The molecule has 2 saturated heterocycles. The summed E-state index contributed by atoms with van der Waals surface area (Å²) >= 11 is 1.77. The lowest BCUT2D eigenvalue weighted by atomic mass is 9.79. The van der Waals surface area contributed by atoms with Gasteiger partial charge in [-0.05, 0) is 25.8 Å². The van der Waals surface area contributed by atoms with Crippen molar-refractivity contribution in [3.63, 3.8) is 0 Å². The smallest absolute Gasteiger partial charge is 0.185 e. The van der Waals surface area contributed by atoms with Crippen molar-refractivity contribution in [3.8, 4) is 0 Å². The van der Waals surface area contributed by atoms with Gasteiger partial charge in [-0.1, -0.05) is 0 Å². The lowest BCUT2D eigenvalue weighted by molar-refractivity contribution is 0.261. The summed E-state index contributed by atoms with van der Waals surface area (Å²) in [6.45, 7) is 4.80. The lowest BCUT2D eigenvalue weighted by Gasteiger charge is -2.39. The largest absolute Gasteiger partial charge is 0.347 e. The van der Waals surface area contributed by atoms with Crippen molar-refractivity contribution in [2.75, 3.05) is 31.1 Å². The number of nitrogens with one attached hydrogen (secondary N) is 1. The molecule has 1 N–H and O–H groups in total. The topological polar surface area (TPSA) is 28.2 Å². The van der Waals surface area contributed by atoms with Crippen molar-refractivity contribution >= 4 is 16.5 Å². The van der Waals surface area contributed by atoms with Crippen molar-refractivity contribution in [3.05, 3.63) is 11.6 Å². The highest BCUT2D eigenvalue weighted by molar-refractivity contribution is 7.13.